The predicted octanol–water partition coefficient (Wildman–Crippen LogP) is 2.50. The standard InChI is InChI=1S/C21H20N6O2/c22-10-14-1-2-19(25-11-14)29-13-21-7-15(8-21)16(9-21)20(28)27-18(3-4-26-27)17-12-23-5-6-24-17/h1-2,4-6,11-12,15-16,18H,3,7-9,13H2/t15?,16-,18?,21?/m0/s1. The number of ether oxygens (including phenoxy) is 1. The molecule has 1 unspecified atom stereocenters. The summed E-state index contributed by atoms with van der Waals surface area (Å²) in [5, 5.41) is 14.8. The van der Waals surface area contributed by atoms with Crippen LogP contribution in [0.1, 0.15) is 43.0 Å². The molecule has 29 heavy (non-hydrogen) atoms. The third kappa shape index (κ3) is 3.12. The van der Waals surface area contributed by atoms with E-state index in [-0.39, 0.29) is 23.3 Å². The van der Waals surface area contributed by atoms with Crippen molar-refractivity contribution in [3.05, 3.63) is 48.2 Å². The summed E-state index contributed by atoms with van der Waals surface area (Å²) in [6.07, 6.45) is 11.7. The van der Waals surface area contributed by atoms with E-state index < -0.39 is 0 Å². The van der Waals surface area contributed by atoms with Crippen molar-refractivity contribution in [2.45, 2.75) is 31.7 Å². The fourth-order valence-corrected chi connectivity index (χ4v) is 4.89. The molecule has 8 heteroatoms. The summed E-state index contributed by atoms with van der Waals surface area (Å²) < 4.78 is 5.88. The Balaban J connectivity index is 1.23. The number of aromatic nitrogens is 3. The van der Waals surface area contributed by atoms with E-state index in [1.165, 1.54) is 6.20 Å². The number of hydrogen-bond donors (Lipinski definition) is 0. The fraction of sp³-hybridized carbons (Fsp3) is 0.429. The first-order chi connectivity index (χ1) is 14.2. The molecule has 8 nitrogen and oxygen atoms in total. The molecule has 3 heterocycles. The summed E-state index contributed by atoms with van der Waals surface area (Å²) in [5.41, 5.74) is 1.31. The Morgan fingerprint density at radius 1 is 1.24 bits per heavy atom. The zero-order valence-electron chi connectivity index (χ0n) is 15.8. The molecule has 0 radical (unpaired) electrons. The highest BCUT2D eigenvalue weighted by atomic mass is 16.5. The zero-order chi connectivity index (χ0) is 19.8. The number of nitriles is 1. The summed E-state index contributed by atoms with van der Waals surface area (Å²) in [7, 11) is 0. The van der Waals surface area contributed by atoms with Crippen molar-refractivity contribution in [3.63, 3.8) is 0 Å². The fourth-order valence-electron chi connectivity index (χ4n) is 4.89. The van der Waals surface area contributed by atoms with Crippen LogP contribution in [0.15, 0.2) is 42.0 Å². The van der Waals surface area contributed by atoms with Gasteiger partial charge in [0.05, 0.1) is 24.1 Å². The second-order valence-electron chi connectivity index (χ2n) is 8.13. The van der Waals surface area contributed by atoms with E-state index in [4.69, 9.17) is 10.00 Å². The van der Waals surface area contributed by atoms with Crippen LogP contribution in [0.3, 0.4) is 0 Å². The highest BCUT2D eigenvalue weighted by Gasteiger charge is 2.59. The summed E-state index contributed by atoms with van der Waals surface area (Å²) in [6, 6.07) is 5.30. The van der Waals surface area contributed by atoms with Crippen LogP contribution in [0.25, 0.3) is 0 Å². The lowest BCUT2D eigenvalue weighted by atomic mass is 9.70. The molecule has 3 fully saturated rings. The normalized spacial score (nSPS) is 29.3. The first-order valence-electron chi connectivity index (χ1n) is 9.78. The smallest absolute Gasteiger partial charge is 0.246 e. The van der Waals surface area contributed by atoms with E-state index in [1.807, 2.05) is 6.07 Å². The minimum absolute atomic E-state index is 0.0260. The van der Waals surface area contributed by atoms with Gasteiger partial charge < -0.3 is 4.74 Å². The summed E-state index contributed by atoms with van der Waals surface area (Å²) in [5.74, 6) is 0.957. The molecule has 2 aromatic heterocycles. The molecule has 2 aromatic rings. The van der Waals surface area contributed by atoms with Crippen molar-refractivity contribution in [1.29, 1.82) is 5.26 Å². The molecule has 4 aliphatic rings. The maximum Gasteiger partial charge on any atom is 0.246 e. The zero-order valence-corrected chi connectivity index (χ0v) is 15.8. The summed E-state index contributed by atoms with van der Waals surface area (Å²) in [4.78, 5) is 25.9. The second-order valence-corrected chi connectivity index (χ2v) is 8.13. The molecule has 1 amide bonds. The van der Waals surface area contributed by atoms with Gasteiger partial charge in [-0.1, -0.05) is 0 Å². The van der Waals surface area contributed by atoms with Crippen molar-refractivity contribution in [3.8, 4) is 11.9 Å². The monoisotopic (exact) mass is 388 g/mol. The Hall–Kier alpha value is -3.34. The van der Waals surface area contributed by atoms with E-state index in [0.717, 1.165) is 25.0 Å². The van der Waals surface area contributed by atoms with Crippen LogP contribution in [0.4, 0.5) is 0 Å². The average Bonchev–Trinajstić information content (AvgIpc) is 3.46. The van der Waals surface area contributed by atoms with Gasteiger partial charge in [0.2, 0.25) is 11.8 Å². The first kappa shape index (κ1) is 17.7. The van der Waals surface area contributed by atoms with E-state index in [2.05, 4.69) is 20.1 Å². The summed E-state index contributed by atoms with van der Waals surface area (Å²) in [6.45, 7) is 0.545. The van der Waals surface area contributed by atoms with Gasteiger partial charge in [-0.3, -0.25) is 14.8 Å². The second kappa shape index (κ2) is 6.92. The van der Waals surface area contributed by atoms with Crippen LogP contribution in [0, 0.1) is 28.6 Å². The number of rotatable bonds is 5. The van der Waals surface area contributed by atoms with Crippen LogP contribution < -0.4 is 4.74 Å². The molecule has 146 valence electrons. The number of hydrazone groups is 1. The highest BCUT2D eigenvalue weighted by Crippen LogP contribution is 2.62. The number of carbonyl (C=O) groups excluding carboxylic acids is 1. The molecule has 3 saturated carbocycles. The topological polar surface area (TPSA) is 104 Å². The Labute approximate surface area is 168 Å². The van der Waals surface area contributed by atoms with Crippen LogP contribution >= 0.6 is 0 Å². The lowest BCUT2D eigenvalue weighted by molar-refractivity contribution is -0.138. The third-order valence-electron chi connectivity index (χ3n) is 6.30. The van der Waals surface area contributed by atoms with Crippen molar-refractivity contribution >= 4 is 12.1 Å². The van der Waals surface area contributed by atoms with Gasteiger partial charge in [0, 0.05) is 48.6 Å². The SMILES string of the molecule is N#Cc1ccc(OCC23CC(C2)[C@@H](C(=O)N2N=CCC2c2cnccn2)C3)nc1. The van der Waals surface area contributed by atoms with Crippen molar-refractivity contribution in [2.75, 3.05) is 6.61 Å². The van der Waals surface area contributed by atoms with Crippen LogP contribution in [0.2, 0.25) is 0 Å². The molecule has 0 aromatic carbocycles. The highest BCUT2D eigenvalue weighted by molar-refractivity contribution is 5.83. The van der Waals surface area contributed by atoms with E-state index in [9.17, 15) is 4.79 Å². The van der Waals surface area contributed by atoms with E-state index >= 15 is 0 Å². The van der Waals surface area contributed by atoms with Gasteiger partial charge in [0.15, 0.2) is 0 Å². The molecule has 0 N–H and O–H groups in total. The number of pyridine rings is 1. The number of nitrogens with zero attached hydrogens (tertiary/aromatic N) is 6. The summed E-state index contributed by atoms with van der Waals surface area (Å²) >= 11 is 0. The molecule has 1 aliphatic heterocycles. The maximum absolute atomic E-state index is 13.2. The largest absolute Gasteiger partial charge is 0.477 e. The number of hydrogen-bond acceptors (Lipinski definition) is 7. The molecule has 2 bridgehead atoms. The average molecular weight is 388 g/mol. The predicted molar refractivity (Wildman–Crippen MR) is 102 cm³/mol. The molecule has 0 spiro atoms. The van der Waals surface area contributed by atoms with Crippen molar-refractivity contribution in [2.24, 2.45) is 22.4 Å². The van der Waals surface area contributed by atoms with Gasteiger partial charge in [0.1, 0.15) is 12.1 Å². The van der Waals surface area contributed by atoms with Gasteiger partial charge in [-0.25, -0.2) is 9.99 Å². The Morgan fingerprint density at radius 3 is 2.86 bits per heavy atom. The van der Waals surface area contributed by atoms with Crippen LogP contribution in [-0.4, -0.2) is 38.7 Å². The molecular weight excluding hydrogens is 368 g/mol. The Kier molecular flexibility index (Phi) is 4.23. The van der Waals surface area contributed by atoms with E-state index in [1.54, 1.807) is 41.9 Å². The van der Waals surface area contributed by atoms with E-state index in [0.29, 0.717) is 30.4 Å². The van der Waals surface area contributed by atoms with Gasteiger partial charge >= 0.3 is 0 Å². The molecule has 6 rings (SSSR count). The van der Waals surface area contributed by atoms with Crippen LogP contribution in [-0.2, 0) is 4.79 Å². The molecule has 0 saturated heterocycles. The lowest BCUT2D eigenvalue weighted by Gasteiger charge is -2.38. The maximum atomic E-state index is 13.2. The number of carbonyl (C=O) groups is 1. The lowest BCUT2D eigenvalue weighted by Crippen LogP contribution is -2.36. The Bertz CT molecular complexity index is 978. The van der Waals surface area contributed by atoms with Crippen molar-refractivity contribution in [1.82, 2.24) is 20.0 Å². The first-order valence-corrected chi connectivity index (χ1v) is 9.78. The molecule has 3 aliphatic carbocycles. The third-order valence-corrected chi connectivity index (χ3v) is 6.30. The molecule has 2 atom stereocenters. The van der Waals surface area contributed by atoms with Gasteiger partial charge in [-0.15, -0.1) is 0 Å². The quantitative estimate of drug-likeness (QED) is 0.779. The van der Waals surface area contributed by atoms with Crippen molar-refractivity contribution < 1.29 is 9.53 Å². The molecular formula is C21H20N6O2. The Morgan fingerprint density at radius 2 is 2.14 bits per heavy atom. The number of fused-ring (bicyclic) bond motifs is 1. The van der Waals surface area contributed by atoms with Gasteiger partial charge in [-0.2, -0.15) is 10.4 Å². The van der Waals surface area contributed by atoms with Gasteiger partial charge in [-0.05, 0) is 31.2 Å². The number of amides is 1. The minimum atomic E-state index is -0.163. The minimum Gasteiger partial charge on any atom is -0.477 e. The van der Waals surface area contributed by atoms with Crippen LogP contribution in [0.5, 0.6) is 5.88 Å². The van der Waals surface area contributed by atoms with Gasteiger partial charge in [0.25, 0.3) is 0 Å².